The fraction of sp³-hybridized carbons (Fsp3) is 0.474. The lowest BCUT2D eigenvalue weighted by Gasteiger charge is -2.47. The fourth-order valence-corrected chi connectivity index (χ4v) is 5.70. The van der Waals surface area contributed by atoms with Gasteiger partial charge in [-0.1, -0.05) is 36.4 Å². The molecule has 1 aromatic carbocycles. The molecule has 0 bridgehead atoms. The van der Waals surface area contributed by atoms with Gasteiger partial charge in [0, 0.05) is 0 Å². The zero-order valence-corrected chi connectivity index (χ0v) is 17.2. The van der Waals surface area contributed by atoms with E-state index in [0.717, 1.165) is 5.56 Å². The Morgan fingerprint density at radius 3 is 2.73 bits per heavy atom. The number of halogens is 1. The van der Waals surface area contributed by atoms with Crippen LogP contribution in [0.25, 0.3) is 0 Å². The first-order chi connectivity index (χ1) is 12.3. The lowest BCUT2D eigenvalue weighted by molar-refractivity contribution is -0.179. The second-order valence-corrected chi connectivity index (χ2v) is 9.67. The van der Waals surface area contributed by atoms with E-state index in [0.29, 0.717) is 13.0 Å². The molecular formula is C19H22BrNO4S. The molecule has 26 heavy (non-hydrogen) atoms. The minimum Gasteiger partial charge on any atom is -0.458 e. The van der Waals surface area contributed by atoms with E-state index in [2.05, 4.69) is 22.5 Å². The topological polar surface area (TPSA) is 55.8 Å². The van der Waals surface area contributed by atoms with Crippen LogP contribution in [0.15, 0.2) is 43.0 Å². The maximum absolute atomic E-state index is 12.9. The first-order valence-corrected chi connectivity index (χ1v) is 10.1. The molecule has 0 saturated carbocycles. The highest BCUT2D eigenvalue weighted by Gasteiger charge is 2.72. The van der Waals surface area contributed by atoms with Crippen LogP contribution < -0.4 is 0 Å². The molecule has 0 radical (unpaired) electrons. The van der Waals surface area contributed by atoms with E-state index in [9.17, 15) is 9.59 Å². The number of thioether (sulfide) groups is 1. The summed E-state index contributed by atoms with van der Waals surface area (Å²) in [6.45, 7) is 8.13. The van der Waals surface area contributed by atoms with Crippen LogP contribution in [0.1, 0.15) is 25.8 Å². The molecule has 5 nitrogen and oxygen atoms in total. The second kappa shape index (κ2) is 7.37. The normalized spacial score (nSPS) is 29.0. The number of fused-ring (bicyclic) bond motifs is 1. The number of rotatable bonds is 7. The van der Waals surface area contributed by atoms with Crippen LogP contribution in [-0.4, -0.2) is 44.1 Å². The van der Waals surface area contributed by atoms with Gasteiger partial charge in [0.2, 0.25) is 4.45 Å². The van der Waals surface area contributed by atoms with E-state index >= 15 is 0 Å². The third-order valence-corrected chi connectivity index (χ3v) is 8.19. The van der Waals surface area contributed by atoms with Crippen LogP contribution >= 0.6 is 27.7 Å². The van der Waals surface area contributed by atoms with Crippen molar-refractivity contribution >= 4 is 39.6 Å². The van der Waals surface area contributed by atoms with Gasteiger partial charge in [0.25, 0.3) is 5.91 Å². The highest BCUT2D eigenvalue weighted by atomic mass is 79.9. The van der Waals surface area contributed by atoms with E-state index in [-0.39, 0.29) is 17.9 Å². The number of β-lactam (4-membered cyclic amide) rings is 1. The summed E-state index contributed by atoms with van der Waals surface area (Å²) in [5.74, 6) is -0.648. The van der Waals surface area contributed by atoms with E-state index in [1.54, 1.807) is 22.7 Å². The standard InChI is InChI=1S/C19H22BrNO4S/c1-4-5-11-24-14-15(22)21-16(14)26-18(2,3)19(21,20)17(23)25-12-13-9-7-6-8-10-13/h4,6-10,14,16H,1,5,11-12H2,2-3H3/t14-,16-,19+/m1/s1. The quantitative estimate of drug-likeness (QED) is 0.162. The molecule has 0 aromatic heterocycles. The Morgan fingerprint density at radius 2 is 2.08 bits per heavy atom. The van der Waals surface area contributed by atoms with Crippen LogP contribution in [0, 0.1) is 0 Å². The Morgan fingerprint density at radius 1 is 1.38 bits per heavy atom. The van der Waals surface area contributed by atoms with Gasteiger partial charge in [0.15, 0.2) is 6.10 Å². The van der Waals surface area contributed by atoms with Crippen molar-refractivity contribution in [2.24, 2.45) is 0 Å². The van der Waals surface area contributed by atoms with Gasteiger partial charge in [0.1, 0.15) is 12.0 Å². The molecule has 0 aliphatic carbocycles. The number of alkyl halides is 1. The van der Waals surface area contributed by atoms with Crippen molar-refractivity contribution in [2.75, 3.05) is 6.61 Å². The van der Waals surface area contributed by atoms with Gasteiger partial charge in [-0.2, -0.15) is 0 Å². The SMILES string of the molecule is C=CCCO[C@@H]1C(=O)N2[C@@H]1SC(C)(C)[C@]2(Br)C(=O)OCc1ccccc1. The van der Waals surface area contributed by atoms with Gasteiger partial charge in [0.05, 0.1) is 11.4 Å². The Labute approximate surface area is 166 Å². The number of amides is 1. The Hall–Kier alpha value is -1.31. The van der Waals surface area contributed by atoms with Crippen molar-refractivity contribution in [1.29, 1.82) is 0 Å². The van der Waals surface area contributed by atoms with Crippen molar-refractivity contribution in [1.82, 2.24) is 4.90 Å². The maximum Gasteiger partial charge on any atom is 0.345 e. The predicted octanol–water partition coefficient (Wildman–Crippen LogP) is 3.48. The van der Waals surface area contributed by atoms with Crippen molar-refractivity contribution in [3.8, 4) is 0 Å². The molecule has 140 valence electrons. The molecule has 2 saturated heterocycles. The molecule has 0 spiro atoms. The average molecular weight is 440 g/mol. The molecular weight excluding hydrogens is 418 g/mol. The third-order valence-electron chi connectivity index (χ3n) is 4.64. The molecule has 0 unspecified atom stereocenters. The summed E-state index contributed by atoms with van der Waals surface area (Å²) in [5.41, 5.74) is 0.900. The molecule has 2 fully saturated rings. The van der Waals surface area contributed by atoms with E-state index < -0.39 is 21.3 Å². The molecule has 7 heteroatoms. The summed E-state index contributed by atoms with van der Waals surface area (Å²) < 4.78 is 9.46. The van der Waals surface area contributed by atoms with Gasteiger partial charge >= 0.3 is 5.97 Å². The van der Waals surface area contributed by atoms with Crippen molar-refractivity contribution in [3.05, 3.63) is 48.6 Å². The average Bonchev–Trinajstić information content (AvgIpc) is 2.82. The number of hydrogen-bond acceptors (Lipinski definition) is 5. The molecule has 2 heterocycles. The van der Waals surface area contributed by atoms with Gasteiger partial charge < -0.3 is 9.47 Å². The van der Waals surface area contributed by atoms with Crippen LogP contribution in [-0.2, 0) is 25.7 Å². The van der Waals surface area contributed by atoms with Crippen LogP contribution in [0.3, 0.4) is 0 Å². The Bertz CT molecular complexity index is 711. The van der Waals surface area contributed by atoms with E-state index in [4.69, 9.17) is 9.47 Å². The monoisotopic (exact) mass is 439 g/mol. The van der Waals surface area contributed by atoms with Crippen LogP contribution in [0.2, 0.25) is 0 Å². The van der Waals surface area contributed by atoms with E-state index in [1.807, 2.05) is 44.2 Å². The summed E-state index contributed by atoms with van der Waals surface area (Å²) in [6.07, 6.45) is 1.91. The summed E-state index contributed by atoms with van der Waals surface area (Å²) >= 11 is 5.10. The Balaban J connectivity index is 1.72. The first kappa shape index (κ1) is 19.5. The summed E-state index contributed by atoms with van der Waals surface area (Å²) in [5, 5.41) is -0.203. The predicted molar refractivity (Wildman–Crippen MR) is 105 cm³/mol. The largest absolute Gasteiger partial charge is 0.458 e. The number of carbonyl (C=O) groups excluding carboxylic acids is 2. The smallest absolute Gasteiger partial charge is 0.345 e. The number of esters is 1. The number of nitrogens with zero attached hydrogens (tertiary/aromatic N) is 1. The fourth-order valence-electron chi connectivity index (χ4n) is 3.14. The number of ether oxygens (including phenoxy) is 2. The Kier molecular flexibility index (Phi) is 5.51. The minimum absolute atomic E-state index is 0.166. The second-order valence-electron chi connectivity index (χ2n) is 6.78. The molecule has 1 amide bonds. The van der Waals surface area contributed by atoms with Crippen LogP contribution in [0.5, 0.6) is 0 Å². The third kappa shape index (κ3) is 3.10. The van der Waals surface area contributed by atoms with E-state index in [1.165, 1.54) is 0 Å². The van der Waals surface area contributed by atoms with Crippen molar-refractivity contribution in [3.63, 3.8) is 0 Å². The molecule has 0 N–H and O–H groups in total. The first-order valence-electron chi connectivity index (χ1n) is 8.46. The number of benzene rings is 1. The van der Waals surface area contributed by atoms with Gasteiger partial charge in [-0.15, -0.1) is 18.3 Å². The molecule has 2 aliphatic rings. The van der Waals surface area contributed by atoms with Crippen LogP contribution in [0.4, 0.5) is 0 Å². The van der Waals surface area contributed by atoms with Gasteiger partial charge in [-0.3, -0.25) is 9.69 Å². The summed E-state index contributed by atoms with van der Waals surface area (Å²) in [6, 6.07) is 9.47. The molecule has 3 atom stereocenters. The minimum atomic E-state index is -1.21. The highest BCUT2D eigenvalue weighted by molar-refractivity contribution is 9.10. The lowest BCUT2D eigenvalue weighted by Crippen LogP contribution is -2.70. The van der Waals surface area contributed by atoms with Gasteiger partial charge in [-0.25, -0.2) is 4.79 Å². The van der Waals surface area contributed by atoms with Crippen molar-refractivity contribution in [2.45, 2.75) is 47.5 Å². The molecule has 3 rings (SSSR count). The summed E-state index contributed by atoms with van der Waals surface area (Å²) in [7, 11) is 0. The molecule has 2 aliphatic heterocycles. The zero-order valence-electron chi connectivity index (χ0n) is 14.8. The highest BCUT2D eigenvalue weighted by Crippen LogP contribution is 2.60. The number of carbonyl (C=O) groups is 2. The zero-order chi connectivity index (χ0) is 18.9. The van der Waals surface area contributed by atoms with Crippen molar-refractivity contribution < 1.29 is 19.1 Å². The van der Waals surface area contributed by atoms with Gasteiger partial charge in [-0.05, 0) is 41.8 Å². The number of hydrogen-bond donors (Lipinski definition) is 0. The summed E-state index contributed by atoms with van der Waals surface area (Å²) in [4.78, 5) is 27.1. The molecule has 1 aromatic rings. The maximum atomic E-state index is 12.9. The lowest BCUT2D eigenvalue weighted by atomic mass is 9.96.